The Morgan fingerprint density at radius 1 is 1.00 bits per heavy atom. The van der Waals surface area contributed by atoms with Gasteiger partial charge in [-0.1, -0.05) is 38.5 Å². The zero-order valence-electron chi connectivity index (χ0n) is 13.0. The molecule has 1 unspecified atom stereocenters. The standard InChI is InChI=1S/C17H28N2O2/c20-16-12-15(18-11-5-6-13-9-10-13)17(21)19(16)14-7-3-1-2-4-8-14/h13-15,18H,1-12H2. The lowest BCUT2D eigenvalue weighted by Gasteiger charge is -2.25. The monoisotopic (exact) mass is 292 g/mol. The lowest BCUT2D eigenvalue weighted by atomic mass is 10.1. The second kappa shape index (κ2) is 6.91. The second-order valence-corrected chi connectivity index (χ2v) is 7.04. The molecule has 0 bridgehead atoms. The van der Waals surface area contributed by atoms with Gasteiger partial charge in [0.15, 0.2) is 0 Å². The van der Waals surface area contributed by atoms with Gasteiger partial charge < -0.3 is 5.32 Å². The Kier molecular flexibility index (Phi) is 4.94. The Morgan fingerprint density at radius 2 is 1.71 bits per heavy atom. The van der Waals surface area contributed by atoms with E-state index in [0.717, 1.165) is 44.6 Å². The van der Waals surface area contributed by atoms with Gasteiger partial charge in [-0.3, -0.25) is 14.5 Å². The molecular weight excluding hydrogens is 264 g/mol. The first-order valence-electron chi connectivity index (χ1n) is 8.85. The number of carbonyl (C=O) groups is 2. The normalized spacial score (nSPS) is 28.2. The second-order valence-electron chi connectivity index (χ2n) is 7.04. The van der Waals surface area contributed by atoms with Crippen molar-refractivity contribution in [3.63, 3.8) is 0 Å². The van der Waals surface area contributed by atoms with Crippen molar-refractivity contribution in [2.75, 3.05) is 6.54 Å². The van der Waals surface area contributed by atoms with E-state index in [2.05, 4.69) is 5.32 Å². The van der Waals surface area contributed by atoms with Crippen LogP contribution in [0.25, 0.3) is 0 Å². The topological polar surface area (TPSA) is 49.4 Å². The Morgan fingerprint density at radius 3 is 2.38 bits per heavy atom. The van der Waals surface area contributed by atoms with Gasteiger partial charge in [-0.15, -0.1) is 0 Å². The molecule has 2 amide bonds. The number of imide groups is 1. The molecule has 3 aliphatic rings. The Hall–Kier alpha value is -0.900. The van der Waals surface area contributed by atoms with Crippen LogP contribution in [0, 0.1) is 5.92 Å². The number of amides is 2. The highest BCUT2D eigenvalue weighted by atomic mass is 16.2. The third-order valence-electron chi connectivity index (χ3n) is 5.25. The van der Waals surface area contributed by atoms with Crippen molar-refractivity contribution < 1.29 is 9.59 Å². The number of likely N-dealkylation sites (tertiary alicyclic amines) is 1. The van der Waals surface area contributed by atoms with E-state index in [0.29, 0.717) is 6.42 Å². The van der Waals surface area contributed by atoms with Crippen LogP contribution in [0.15, 0.2) is 0 Å². The predicted octanol–water partition coefficient (Wildman–Crippen LogP) is 2.62. The minimum Gasteiger partial charge on any atom is -0.305 e. The van der Waals surface area contributed by atoms with Crippen LogP contribution >= 0.6 is 0 Å². The van der Waals surface area contributed by atoms with Gasteiger partial charge in [0, 0.05) is 6.04 Å². The summed E-state index contributed by atoms with van der Waals surface area (Å²) in [5, 5.41) is 3.32. The molecule has 118 valence electrons. The zero-order chi connectivity index (χ0) is 14.7. The van der Waals surface area contributed by atoms with E-state index in [1.165, 1.54) is 32.1 Å². The van der Waals surface area contributed by atoms with Crippen LogP contribution in [0.4, 0.5) is 0 Å². The van der Waals surface area contributed by atoms with E-state index in [-0.39, 0.29) is 23.9 Å². The maximum atomic E-state index is 12.5. The smallest absolute Gasteiger partial charge is 0.247 e. The molecule has 0 radical (unpaired) electrons. The van der Waals surface area contributed by atoms with E-state index >= 15 is 0 Å². The Labute approximate surface area is 127 Å². The minimum atomic E-state index is -0.250. The van der Waals surface area contributed by atoms with Crippen LogP contribution in [0.1, 0.15) is 70.6 Å². The van der Waals surface area contributed by atoms with Gasteiger partial charge in [0.05, 0.1) is 12.5 Å². The highest BCUT2D eigenvalue weighted by Gasteiger charge is 2.41. The van der Waals surface area contributed by atoms with Gasteiger partial charge in [-0.25, -0.2) is 0 Å². The van der Waals surface area contributed by atoms with Crippen molar-refractivity contribution in [2.45, 2.75) is 82.7 Å². The molecule has 3 fully saturated rings. The van der Waals surface area contributed by atoms with Gasteiger partial charge >= 0.3 is 0 Å². The number of carbonyl (C=O) groups excluding carboxylic acids is 2. The molecule has 3 rings (SSSR count). The lowest BCUT2D eigenvalue weighted by Crippen LogP contribution is -2.44. The molecule has 1 aliphatic heterocycles. The lowest BCUT2D eigenvalue weighted by molar-refractivity contribution is -0.141. The molecule has 4 nitrogen and oxygen atoms in total. The summed E-state index contributed by atoms with van der Waals surface area (Å²) in [5.74, 6) is 1.03. The first kappa shape index (κ1) is 15.0. The van der Waals surface area contributed by atoms with Crippen molar-refractivity contribution in [3.8, 4) is 0 Å². The third-order valence-corrected chi connectivity index (χ3v) is 5.25. The average Bonchev–Trinajstić information content (AvgIpc) is 3.26. The zero-order valence-corrected chi connectivity index (χ0v) is 13.0. The highest BCUT2D eigenvalue weighted by Crippen LogP contribution is 2.33. The molecule has 1 heterocycles. The van der Waals surface area contributed by atoms with Crippen LogP contribution in [0.2, 0.25) is 0 Å². The van der Waals surface area contributed by atoms with Gasteiger partial charge in [0.1, 0.15) is 0 Å². The summed E-state index contributed by atoms with van der Waals surface area (Å²) in [4.78, 5) is 26.3. The van der Waals surface area contributed by atoms with Crippen molar-refractivity contribution in [2.24, 2.45) is 5.92 Å². The molecule has 2 saturated carbocycles. The summed E-state index contributed by atoms with van der Waals surface area (Å²) in [5.41, 5.74) is 0. The van der Waals surface area contributed by atoms with Crippen LogP contribution < -0.4 is 5.32 Å². The fraction of sp³-hybridized carbons (Fsp3) is 0.882. The number of nitrogens with one attached hydrogen (secondary N) is 1. The SMILES string of the molecule is O=C1CC(NCCCC2CC2)C(=O)N1C1CCCCCC1. The first-order valence-corrected chi connectivity index (χ1v) is 8.85. The molecule has 21 heavy (non-hydrogen) atoms. The molecule has 0 aromatic heterocycles. The van der Waals surface area contributed by atoms with E-state index in [4.69, 9.17) is 0 Å². The third kappa shape index (κ3) is 3.85. The fourth-order valence-corrected chi connectivity index (χ4v) is 3.78. The van der Waals surface area contributed by atoms with Gasteiger partial charge in [-0.2, -0.15) is 0 Å². The number of rotatable bonds is 6. The van der Waals surface area contributed by atoms with Crippen LogP contribution in [0.3, 0.4) is 0 Å². The maximum Gasteiger partial charge on any atom is 0.247 e. The summed E-state index contributed by atoms with van der Waals surface area (Å²) < 4.78 is 0. The summed E-state index contributed by atoms with van der Waals surface area (Å²) in [6.45, 7) is 0.874. The molecule has 2 aliphatic carbocycles. The Bertz CT molecular complexity index is 384. The number of hydrogen-bond acceptors (Lipinski definition) is 3. The van der Waals surface area contributed by atoms with Crippen molar-refractivity contribution >= 4 is 11.8 Å². The van der Waals surface area contributed by atoms with Gasteiger partial charge in [0.2, 0.25) is 11.8 Å². The Balaban J connectivity index is 1.48. The number of nitrogens with zero attached hydrogens (tertiary/aromatic N) is 1. The van der Waals surface area contributed by atoms with Crippen LogP contribution in [-0.4, -0.2) is 35.3 Å². The van der Waals surface area contributed by atoms with Gasteiger partial charge in [0.25, 0.3) is 0 Å². The van der Waals surface area contributed by atoms with E-state index in [1.54, 1.807) is 4.90 Å². The van der Waals surface area contributed by atoms with E-state index < -0.39 is 0 Å². The molecule has 1 saturated heterocycles. The summed E-state index contributed by atoms with van der Waals surface area (Å²) >= 11 is 0. The van der Waals surface area contributed by atoms with E-state index in [9.17, 15) is 9.59 Å². The van der Waals surface area contributed by atoms with Crippen molar-refractivity contribution in [1.82, 2.24) is 10.2 Å². The van der Waals surface area contributed by atoms with Crippen LogP contribution in [-0.2, 0) is 9.59 Å². The van der Waals surface area contributed by atoms with E-state index in [1.807, 2.05) is 0 Å². The average molecular weight is 292 g/mol. The molecule has 4 heteroatoms. The van der Waals surface area contributed by atoms with Crippen molar-refractivity contribution in [1.29, 1.82) is 0 Å². The highest BCUT2D eigenvalue weighted by molar-refractivity contribution is 6.05. The fourth-order valence-electron chi connectivity index (χ4n) is 3.78. The molecule has 1 N–H and O–H groups in total. The molecule has 0 spiro atoms. The predicted molar refractivity (Wildman–Crippen MR) is 81.7 cm³/mol. The molecule has 1 atom stereocenters. The molecule has 0 aromatic rings. The number of hydrogen-bond donors (Lipinski definition) is 1. The van der Waals surface area contributed by atoms with Gasteiger partial charge in [-0.05, 0) is 38.1 Å². The molecular formula is C17H28N2O2. The summed E-state index contributed by atoms with van der Waals surface area (Å²) in [6, 6.07) is -0.0780. The summed E-state index contributed by atoms with van der Waals surface area (Å²) in [7, 11) is 0. The first-order chi connectivity index (χ1) is 10.3. The quantitative estimate of drug-likeness (QED) is 0.465. The molecule has 0 aromatic carbocycles. The summed E-state index contributed by atoms with van der Waals surface area (Å²) in [6.07, 6.45) is 12.4. The maximum absolute atomic E-state index is 12.5. The van der Waals surface area contributed by atoms with Crippen molar-refractivity contribution in [3.05, 3.63) is 0 Å². The largest absolute Gasteiger partial charge is 0.305 e. The minimum absolute atomic E-state index is 0.0401. The van der Waals surface area contributed by atoms with Crippen LogP contribution in [0.5, 0.6) is 0 Å².